The molecule has 0 heterocycles. The maximum Gasteiger partial charge on any atom is 0.251 e. The average Bonchev–Trinajstić information content (AvgIpc) is 2.54. The second-order valence-corrected chi connectivity index (χ2v) is 5.47. The molecular formula is C19H23NO2. The Morgan fingerprint density at radius 1 is 1.18 bits per heavy atom. The summed E-state index contributed by atoms with van der Waals surface area (Å²) in [6.07, 6.45) is 1.02. The Labute approximate surface area is 132 Å². The number of hydrogen-bond acceptors (Lipinski definition) is 2. The monoisotopic (exact) mass is 297 g/mol. The molecule has 1 amide bonds. The van der Waals surface area contributed by atoms with Crippen LogP contribution in [0.1, 0.15) is 46.9 Å². The molecule has 3 nitrogen and oxygen atoms in total. The second kappa shape index (κ2) is 7.12. The molecule has 3 heteroatoms. The Kier molecular flexibility index (Phi) is 5.21. The van der Waals surface area contributed by atoms with E-state index in [0.29, 0.717) is 5.56 Å². The fraction of sp³-hybridized carbons (Fsp3) is 0.316. The first-order valence-corrected chi connectivity index (χ1v) is 7.59. The minimum absolute atomic E-state index is 0.0270. The highest BCUT2D eigenvalue weighted by atomic mass is 16.5. The van der Waals surface area contributed by atoms with Gasteiger partial charge in [0.2, 0.25) is 0 Å². The van der Waals surface area contributed by atoms with E-state index in [9.17, 15) is 4.79 Å². The van der Waals surface area contributed by atoms with Crippen LogP contribution in [0.3, 0.4) is 0 Å². The lowest BCUT2D eigenvalue weighted by Crippen LogP contribution is -2.26. The molecule has 2 aromatic carbocycles. The van der Waals surface area contributed by atoms with Crippen molar-refractivity contribution in [3.05, 3.63) is 64.7 Å². The Bertz CT molecular complexity index is 647. The molecule has 0 spiro atoms. The average molecular weight is 297 g/mol. The van der Waals surface area contributed by atoms with Crippen LogP contribution in [-0.2, 0) is 6.42 Å². The minimum atomic E-state index is -0.0715. The third kappa shape index (κ3) is 3.67. The first kappa shape index (κ1) is 16.1. The van der Waals surface area contributed by atoms with Gasteiger partial charge in [-0.15, -0.1) is 0 Å². The lowest BCUT2D eigenvalue weighted by atomic mass is 10.0. The molecule has 0 aliphatic rings. The van der Waals surface area contributed by atoms with Gasteiger partial charge in [-0.25, -0.2) is 0 Å². The van der Waals surface area contributed by atoms with Gasteiger partial charge >= 0.3 is 0 Å². The normalized spacial score (nSPS) is 11.8. The largest absolute Gasteiger partial charge is 0.496 e. The summed E-state index contributed by atoms with van der Waals surface area (Å²) >= 11 is 0. The molecule has 0 aliphatic heterocycles. The fourth-order valence-corrected chi connectivity index (χ4v) is 2.42. The third-order valence-corrected chi connectivity index (χ3v) is 3.89. The van der Waals surface area contributed by atoms with Gasteiger partial charge in [0.15, 0.2) is 0 Å². The Hall–Kier alpha value is -2.29. The van der Waals surface area contributed by atoms with Crippen LogP contribution in [0.25, 0.3) is 0 Å². The van der Waals surface area contributed by atoms with Crippen LogP contribution < -0.4 is 10.1 Å². The lowest BCUT2D eigenvalue weighted by molar-refractivity contribution is 0.0940. The van der Waals surface area contributed by atoms with Gasteiger partial charge in [0, 0.05) is 5.56 Å². The molecule has 0 saturated heterocycles. The van der Waals surface area contributed by atoms with Crippen LogP contribution in [-0.4, -0.2) is 13.0 Å². The van der Waals surface area contributed by atoms with E-state index in [1.807, 2.05) is 26.0 Å². The number of benzene rings is 2. The van der Waals surface area contributed by atoms with Gasteiger partial charge in [-0.05, 0) is 55.2 Å². The number of carbonyl (C=O) groups excluding carboxylic acids is 1. The van der Waals surface area contributed by atoms with Crippen molar-refractivity contribution < 1.29 is 9.53 Å². The molecule has 0 radical (unpaired) electrons. The summed E-state index contributed by atoms with van der Waals surface area (Å²) in [5, 5.41) is 3.03. The Balaban J connectivity index is 2.08. The summed E-state index contributed by atoms with van der Waals surface area (Å²) in [6.45, 7) is 6.06. The Morgan fingerprint density at radius 2 is 1.86 bits per heavy atom. The van der Waals surface area contributed by atoms with Crippen molar-refractivity contribution in [2.45, 2.75) is 33.2 Å². The molecule has 2 aromatic rings. The van der Waals surface area contributed by atoms with E-state index in [1.165, 1.54) is 5.56 Å². The van der Waals surface area contributed by atoms with Gasteiger partial charge in [-0.2, -0.15) is 0 Å². The van der Waals surface area contributed by atoms with Gasteiger partial charge < -0.3 is 10.1 Å². The van der Waals surface area contributed by atoms with Crippen molar-refractivity contribution in [1.29, 1.82) is 0 Å². The van der Waals surface area contributed by atoms with Gasteiger partial charge in [-0.3, -0.25) is 4.79 Å². The number of carbonyl (C=O) groups is 1. The summed E-state index contributed by atoms with van der Waals surface area (Å²) in [5.41, 5.74) is 4.01. The van der Waals surface area contributed by atoms with E-state index < -0.39 is 0 Å². The zero-order valence-electron chi connectivity index (χ0n) is 13.6. The molecule has 0 aliphatic carbocycles. The highest BCUT2D eigenvalue weighted by molar-refractivity contribution is 5.94. The molecule has 0 aromatic heterocycles. The highest BCUT2D eigenvalue weighted by Gasteiger charge is 2.12. The predicted octanol–water partition coefficient (Wildman–Crippen LogP) is 4.06. The highest BCUT2D eigenvalue weighted by Crippen LogP contribution is 2.19. The van der Waals surface area contributed by atoms with Gasteiger partial charge in [0.1, 0.15) is 5.75 Å². The zero-order valence-corrected chi connectivity index (χ0v) is 13.6. The summed E-state index contributed by atoms with van der Waals surface area (Å²) < 4.78 is 5.22. The van der Waals surface area contributed by atoms with E-state index in [0.717, 1.165) is 23.3 Å². The van der Waals surface area contributed by atoms with Crippen molar-refractivity contribution in [2.24, 2.45) is 0 Å². The minimum Gasteiger partial charge on any atom is -0.496 e. The number of rotatable bonds is 5. The van der Waals surface area contributed by atoms with Crippen LogP contribution >= 0.6 is 0 Å². The summed E-state index contributed by atoms with van der Waals surface area (Å²) in [6, 6.07) is 13.8. The third-order valence-electron chi connectivity index (χ3n) is 3.89. The van der Waals surface area contributed by atoms with Crippen LogP contribution in [0.2, 0.25) is 0 Å². The topological polar surface area (TPSA) is 38.3 Å². The quantitative estimate of drug-likeness (QED) is 0.904. The summed E-state index contributed by atoms with van der Waals surface area (Å²) in [7, 11) is 1.63. The van der Waals surface area contributed by atoms with Gasteiger partial charge in [0.25, 0.3) is 5.91 Å². The van der Waals surface area contributed by atoms with Crippen molar-refractivity contribution in [3.63, 3.8) is 0 Å². The summed E-state index contributed by atoms with van der Waals surface area (Å²) in [5.74, 6) is 0.720. The number of methoxy groups -OCH3 is 1. The number of aryl methyl sites for hydroxylation is 2. The predicted molar refractivity (Wildman–Crippen MR) is 89.4 cm³/mol. The maximum atomic E-state index is 12.4. The van der Waals surface area contributed by atoms with Gasteiger partial charge in [0.05, 0.1) is 13.2 Å². The standard InChI is InChI=1S/C19H23NO2/c1-5-15-6-8-16(9-7-15)14(3)20-19(21)17-10-11-18(22-4)13(2)12-17/h6-12,14H,5H2,1-4H3,(H,20,21)/t14-/m0/s1. The molecule has 0 fully saturated rings. The lowest BCUT2D eigenvalue weighted by Gasteiger charge is -2.15. The Morgan fingerprint density at radius 3 is 2.41 bits per heavy atom. The van der Waals surface area contributed by atoms with Gasteiger partial charge in [-0.1, -0.05) is 31.2 Å². The van der Waals surface area contributed by atoms with Crippen LogP contribution in [0, 0.1) is 6.92 Å². The van der Waals surface area contributed by atoms with Crippen molar-refractivity contribution >= 4 is 5.91 Å². The van der Waals surface area contributed by atoms with E-state index in [-0.39, 0.29) is 11.9 Å². The molecule has 0 unspecified atom stereocenters. The van der Waals surface area contributed by atoms with Crippen LogP contribution in [0.4, 0.5) is 0 Å². The molecular weight excluding hydrogens is 274 g/mol. The van der Waals surface area contributed by atoms with Crippen molar-refractivity contribution in [2.75, 3.05) is 7.11 Å². The zero-order chi connectivity index (χ0) is 16.1. The molecule has 22 heavy (non-hydrogen) atoms. The smallest absolute Gasteiger partial charge is 0.251 e. The van der Waals surface area contributed by atoms with E-state index >= 15 is 0 Å². The molecule has 116 valence electrons. The molecule has 0 saturated carbocycles. The van der Waals surface area contributed by atoms with E-state index in [4.69, 9.17) is 4.74 Å². The summed E-state index contributed by atoms with van der Waals surface area (Å²) in [4.78, 5) is 12.4. The molecule has 1 N–H and O–H groups in total. The second-order valence-electron chi connectivity index (χ2n) is 5.47. The SMILES string of the molecule is CCc1ccc([C@H](C)NC(=O)c2ccc(OC)c(C)c2)cc1. The number of hydrogen-bond donors (Lipinski definition) is 1. The first-order chi connectivity index (χ1) is 10.5. The number of nitrogens with one attached hydrogen (secondary N) is 1. The maximum absolute atomic E-state index is 12.4. The van der Waals surface area contributed by atoms with Crippen LogP contribution in [0.5, 0.6) is 5.75 Å². The number of ether oxygens (including phenoxy) is 1. The van der Waals surface area contributed by atoms with Crippen molar-refractivity contribution in [1.82, 2.24) is 5.32 Å². The molecule has 2 rings (SSSR count). The fourth-order valence-electron chi connectivity index (χ4n) is 2.42. The van der Waals surface area contributed by atoms with Crippen molar-refractivity contribution in [3.8, 4) is 5.75 Å². The first-order valence-electron chi connectivity index (χ1n) is 7.59. The van der Waals surface area contributed by atoms with Crippen LogP contribution in [0.15, 0.2) is 42.5 Å². The number of amides is 1. The van der Waals surface area contributed by atoms with E-state index in [1.54, 1.807) is 13.2 Å². The molecule has 0 bridgehead atoms. The van der Waals surface area contributed by atoms with E-state index in [2.05, 4.69) is 36.5 Å². The molecule has 1 atom stereocenters.